The van der Waals surface area contributed by atoms with E-state index < -0.39 is 6.23 Å². The van der Waals surface area contributed by atoms with Gasteiger partial charge < -0.3 is 21.5 Å². The Morgan fingerprint density at radius 1 is 1.50 bits per heavy atom. The van der Waals surface area contributed by atoms with Gasteiger partial charge in [-0.2, -0.15) is 0 Å². The number of nitrogens with zero attached hydrogens (tertiary/aromatic N) is 3. The van der Waals surface area contributed by atoms with Gasteiger partial charge in [-0.3, -0.25) is 0 Å². The minimum Gasteiger partial charge on any atom is -0.394 e. The van der Waals surface area contributed by atoms with Crippen LogP contribution in [0.25, 0.3) is 0 Å². The van der Waals surface area contributed by atoms with E-state index in [0.717, 1.165) is 0 Å². The lowest BCUT2D eigenvalue weighted by Gasteiger charge is -2.15. The Kier molecular flexibility index (Phi) is 3.21. The second-order valence-corrected chi connectivity index (χ2v) is 3.22. The van der Waals surface area contributed by atoms with E-state index in [-0.39, 0.29) is 6.42 Å². The summed E-state index contributed by atoms with van der Waals surface area (Å²) in [7, 11) is 3.67. The van der Waals surface area contributed by atoms with Crippen molar-refractivity contribution in [1.82, 2.24) is 9.97 Å². The first-order valence-electron chi connectivity index (χ1n) is 4.22. The molecule has 0 aromatic carbocycles. The Morgan fingerprint density at radius 3 is 2.64 bits per heavy atom. The summed E-state index contributed by atoms with van der Waals surface area (Å²) in [6, 6.07) is 0. The van der Waals surface area contributed by atoms with Crippen LogP contribution in [0.15, 0.2) is 6.33 Å². The summed E-state index contributed by atoms with van der Waals surface area (Å²) in [5.41, 5.74) is 12.1. The van der Waals surface area contributed by atoms with Crippen molar-refractivity contribution >= 4 is 11.5 Å². The number of nitrogen functional groups attached to an aromatic ring is 1. The highest BCUT2D eigenvalue weighted by Gasteiger charge is 2.11. The zero-order valence-electron chi connectivity index (χ0n) is 8.31. The molecule has 0 saturated carbocycles. The van der Waals surface area contributed by atoms with Crippen molar-refractivity contribution in [2.24, 2.45) is 5.73 Å². The lowest BCUT2D eigenvalue weighted by molar-refractivity contribution is 0.182. The zero-order chi connectivity index (χ0) is 10.7. The molecular formula is C8H15N5O. The van der Waals surface area contributed by atoms with Crippen molar-refractivity contribution in [3.05, 3.63) is 12.0 Å². The van der Waals surface area contributed by atoms with Crippen LogP contribution in [0.2, 0.25) is 0 Å². The van der Waals surface area contributed by atoms with Crippen LogP contribution in [0.3, 0.4) is 0 Å². The van der Waals surface area contributed by atoms with E-state index in [0.29, 0.717) is 17.2 Å². The van der Waals surface area contributed by atoms with Crippen LogP contribution in [-0.4, -0.2) is 35.4 Å². The zero-order valence-corrected chi connectivity index (χ0v) is 8.31. The number of hydrogen-bond acceptors (Lipinski definition) is 6. The molecule has 0 aliphatic carbocycles. The van der Waals surface area contributed by atoms with Crippen molar-refractivity contribution in [2.75, 3.05) is 24.7 Å². The molecule has 78 valence electrons. The van der Waals surface area contributed by atoms with Gasteiger partial charge in [0.25, 0.3) is 0 Å². The first-order chi connectivity index (χ1) is 6.52. The van der Waals surface area contributed by atoms with Crippen LogP contribution in [0.4, 0.5) is 11.5 Å². The van der Waals surface area contributed by atoms with E-state index >= 15 is 0 Å². The molecule has 1 aromatic rings. The second kappa shape index (κ2) is 4.21. The van der Waals surface area contributed by atoms with E-state index in [9.17, 15) is 0 Å². The maximum absolute atomic E-state index is 9.01. The predicted molar refractivity (Wildman–Crippen MR) is 54.7 cm³/mol. The predicted octanol–water partition coefficient (Wildman–Crippen LogP) is -1.06. The standard InChI is InChI=1S/C8H15N5O/c1-13(2)8-7(10)5(3-6(9)14)11-4-12-8/h4,6,14H,3,9-10H2,1-2H3. The third-order valence-electron chi connectivity index (χ3n) is 1.77. The minimum absolute atomic E-state index is 0.231. The van der Waals surface area contributed by atoms with Gasteiger partial charge in [-0.25, -0.2) is 9.97 Å². The summed E-state index contributed by atoms with van der Waals surface area (Å²) in [5, 5.41) is 9.01. The molecule has 1 unspecified atom stereocenters. The summed E-state index contributed by atoms with van der Waals surface area (Å²) >= 11 is 0. The van der Waals surface area contributed by atoms with Crippen LogP contribution in [0.1, 0.15) is 5.69 Å². The molecule has 0 aliphatic rings. The van der Waals surface area contributed by atoms with E-state index in [1.165, 1.54) is 6.33 Å². The lowest BCUT2D eigenvalue weighted by Crippen LogP contribution is -2.24. The summed E-state index contributed by atoms with van der Waals surface area (Å²) in [6.45, 7) is 0. The van der Waals surface area contributed by atoms with Gasteiger partial charge in [0.2, 0.25) is 0 Å². The highest BCUT2D eigenvalue weighted by molar-refractivity contribution is 5.64. The van der Waals surface area contributed by atoms with Gasteiger partial charge in [0, 0.05) is 20.5 Å². The number of aromatic nitrogens is 2. The largest absolute Gasteiger partial charge is 0.394 e. The third kappa shape index (κ3) is 2.30. The van der Waals surface area contributed by atoms with Gasteiger partial charge in [0.05, 0.1) is 11.4 Å². The fourth-order valence-corrected chi connectivity index (χ4v) is 1.14. The fourth-order valence-electron chi connectivity index (χ4n) is 1.14. The molecule has 0 aliphatic heterocycles. The van der Waals surface area contributed by atoms with Crippen LogP contribution in [-0.2, 0) is 6.42 Å². The average Bonchev–Trinajstić information content (AvgIpc) is 2.07. The van der Waals surface area contributed by atoms with Crippen LogP contribution in [0.5, 0.6) is 0 Å². The van der Waals surface area contributed by atoms with E-state index in [1.54, 1.807) is 4.90 Å². The van der Waals surface area contributed by atoms with Gasteiger partial charge in [-0.15, -0.1) is 0 Å². The second-order valence-electron chi connectivity index (χ2n) is 3.22. The molecule has 6 nitrogen and oxygen atoms in total. The molecule has 1 rings (SSSR count). The summed E-state index contributed by atoms with van der Waals surface area (Å²) in [6.07, 6.45) is 0.695. The molecule has 0 spiro atoms. The van der Waals surface area contributed by atoms with Crippen LogP contribution < -0.4 is 16.4 Å². The molecule has 0 fully saturated rings. The number of hydrogen-bond donors (Lipinski definition) is 3. The Bertz CT molecular complexity index is 313. The lowest BCUT2D eigenvalue weighted by atomic mass is 10.2. The molecule has 0 amide bonds. The van der Waals surface area contributed by atoms with E-state index in [1.807, 2.05) is 14.1 Å². The van der Waals surface area contributed by atoms with Gasteiger partial charge in [0.15, 0.2) is 5.82 Å². The van der Waals surface area contributed by atoms with Crippen LogP contribution in [0, 0.1) is 0 Å². The molecule has 0 saturated heterocycles. The Hall–Kier alpha value is -1.40. The molecule has 14 heavy (non-hydrogen) atoms. The maximum atomic E-state index is 9.01. The first kappa shape index (κ1) is 10.7. The fraction of sp³-hybridized carbons (Fsp3) is 0.500. The first-order valence-corrected chi connectivity index (χ1v) is 4.22. The topological polar surface area (TPSA) is 101 Å². The molecular weight excluding hydrogens is 182 g/mol. The monoisotopic (exact) mass is 197 g/mol. The quantitative estimate of drug-likeness (QED) is 0.534. The van der Waals surface area contributed by atoms with Crippen molar-refractivity contribution in [3.8, 4) is 0 Å². The highest BCUT2D eigenvalue weighted by Crippen LogP contribution is 2.20. The summed E-state index contributed by atoms with van der Waals surface area (Å²) in [4.78, 5) is 9.75. The molecule has 1 atom stereocenters. The highest BCUT2D eigenvalue weighted by atomic mass is 16.3. The summed E-state index contributed by atoms with van der Waals surface area (Å²) in [5.74, 6) is 0.635. The molecule has 5 N–H and O–H groups in total. The van der Waals surface area contributed by atoms with Crippen molar-refractivity contribution < 1.29 is 5.11 Å². The van der Waals surface area contributed by atoms with Gasteiger partial charge >= 0.3 is 0 Å². The Labute approximate surface area is 82.6 Å². The van der Waals surface area contributed by atoms with Gasteiger partial charge in [-0.05, 0) is 0 Å². The summed E-state index contributed by atoms with van der Waals surface area (Å²) < 4.78 is 0. The number of aliphatic hydroxyl groups is 1. The van der Waals surface area contributed by atoms with Gasteiger partial charge in [-0.1, -0.05) is 0 Å². The van der Waals surface area contributed by atoms with Crippen molar-refractivity contribution in [1.29, 1.82) is 0 Å². The maximum Gasteiger partial charge on any atom is 0.155 e. The van der Waals surface area contributed by atoms with Crippen molar-refractivity contribution in [2.45, 2.75) is 12.6 Å². The smallest absolute Gasteiger partial charge is 0.155 e. The van der Waals surface area contributed by atoms with E-state index in [4.69, 9.17) is 16.6 Å². The van der Waals surface area contributed by atoms with Crippen molar-refractivity contribution in [3.63, 3.8) is 0 Å². The van der Waals surface area contributed by atoms with Crippen LogP contribution >= 0.6 is 0 Å². The van der Waals surface area contributed by atoms with E-state index in [2.05, 4.69) is 9.97 Å². The average molecular weight is 197 g/mol. The number of anilines is 2. The Morgan fingerprint density at radius 2 is 2.14 bits per heavy atom. The number of rotatable bonds is 3. The molecule has 6 heteroatoms. The SMILES string of the molecule is CN(C)c1ncnc(CC(N)O)c1N. The normalized spacial score (nSPS) is 12.6. The third-order valence-corrected chi connectivity index (χ3v) is 1.77. The molecule has 1 heterocycles. The molecule has 0 radical (unpaired) electrons. The number of aliphatic hydroxyl groups excluding tert-OH is 1. The minimum atomic E-state index is -0.942. The molecule has 0 bridgehead atoms. The number of nitrogens with two attached hydrogens (primary N) is 2. The van der Waals surface area contributed by atoms with Gasteiger partial charge in [0.1, 0.15) is 12.6 Å². The Balaban J connectivity index is 3.01. The molecule has 1 aromatic heterocycles.